The third-order valence-electron chi connectivity index (χ3n) is 12.3. The summed E-state index contributed by atoms with van der Waals surface area (Å²) in [6.45, 7) is 4.94. The number of nitrogens with zero attached hydrogens (tertiary/aromatic N) is 2. The SMILES string of the molecule is C[Si](C)(c1ccc2c(c1)c1cccc3c1-c1c(cccc1c1ccccc12)c1ccccc1c1ccccc31)c1cccc2c1nc1oc3ccccc3n12. The molecule has 2 heterocycles. The average Bonchev–Trinajstić information content (AvgIpc) is 3.78. The maximum Gasteiger partial charge on any atom is 0.307 e. The van der Waals surface area contributed by atoms with Crippen LogP contribution in [0.15, 0.2) is 174 Å². The molecule has 258 valence electrons. The Labute approximate surface area is 317 Å². The van der Waals surface area contributed by atoms with Crippen molar-refractivity contribution in [2.75, 3.05) is 0 Å². The number of rotatable bonds is 2. The van der Waals surface area contributed by atoms with Crippen molar-refractivity contribution in [1.82, 2.24) is 9.38 Å². The van der Waals surface area contributed by atoms with Crippen molar-refractivity contribution < 1.29 is 4.42 Å². The molecule has 0 unspecified atom stereocenters. The Kier molecular flexibility index (Phi) is 6.21. The van der Waals surface area contributed by atoms with Gasteiger partial charge in [-0.15, -0.1) is 0 Å². The zero-order chi connectivity index (χ0) is 36.4. The van der Waals surface area contributed by atoms with Gasteiger partial charge in [0, 0.05) is 0 Å². The minimum absolute atomic E-state index is 0.641. The highest BCUT2D eigenvalue weighted by molar-refractivity contribution is 7.01. The summed E-state index contributed by atoms with van der Waals surface area (Å²) >= 11 is 0. The molecule has 0 spiro atoms. The molecule has 2 aliphatic rings. The van der Waals surface area contributed by atoms with Gasteiger partial charge in [-0.3, -0.25) is 4.40 Å². The normalized spacial score (nSPS) is 12.5. The molecule has 10 aromatic rings. The minimum Gasteiger partial charge on any atom is -0.423 e. The quantitative estimate of drug-likeness (QED) is 0.167. The van der Waals surface area contributed by atoms with E-state index in [0.29, 0.717) is 5.84 Å². The Balaban J connectivity index is 1.25. The number of para-hydroxylation sites is 3. The van der Waals surface area contributed by atoms with Crippen LogP contribution in [0, 0.1) is 0 Å². The summed E-state index contributed by atoms with van der Waals surface area (Å²) in [5.74, 6) is 0.641. The molecule has 2 aliphatic carbocycles. The fraction of sp³-hybridized carbons (Fsp3) is 0.0392. The van der Waals surface area contributed by atoms with Crippen LogP contribution < -0.4 is 10.4 Å². The summed E-state index contributed by atoms with van der Waals surface area (Å²) in [5.41, 5.74) is 6.61. The first-order chi connectivity index (χ1) is 27.1. The fourth-order valence-electron chi connectivity index (χ4n) is 9.66. The molecule has 55 heavy (non-hydrogen) atoms. The van der Waals surface area contributed by atoms with Gasteiger partial charge < -0.3 is 4.42 Å². The second kappa shape index (κ2) is 11.1. The van der Waals surface area contributed by atoms with Gasteiger partial charge >= 0.3 is 5.84 Å². The molecule has 0 N–H and O–H groups in total. The number of benzene rings is 8. The standard InChI is InChI=1S/C51H34N2OSi/c1-55(2,47-27-13-25-45-50(47)52-51-53(45)44-24-9-10-26-46(44)54-51)31-28-29-38-34-16-5-8-19-37(34)40-21-11-20-39-35-17-6-3-14-32(35)33-15-4-7-18-36(33)41-22-12-23-42(43(38)30-31)49(41)48(39)40/h3-30H,1-2H3. The number of aromatic nitrogens is 2. The Hall–Kier alpha value is -6.75. The van der Waals surface area contributed by atoms with E-state index in [1.54, 1.807) is 0 Å². The smallest absolute Gasteiger partial charge is 0.307 e. The van der Waals surface area contributed by atoms with Gasteiger partial charge in [0.2, 0.25) is 0 Å². The van der Waals surface area contributed by atoms with E-state index in [-0.39, 0.29) is 0 Å². The summed E-state index contributed by atoms with van der Waals surface area (Å²) in [4.78, 5) is 5.17. The van der Waals surface area contributed by atoms with Gasteiger partial charge in [0.15, 0.2) is 5.58 Å². The van der Waals surface area contributed by atoms with Crippen LogP contribution in [0.1, 0.15) is 0 Å². The molecule has 0 aliphatic heterocycles. The lowest BCUT2D eigenvalue weighted by molar-refractivity contribution is 0.643. The first-order valence-electron chi connectivity index (χ1n) is 19.1. The maximum absolute atomic E-state index is 6.27. The minimum atomic E-state index is -2.35. The largest absolute Gasteiger partial charge is 0.423 e. The maximum atomic E-state index is 6.27. The average molecular weight is 719 g/mol. The van der Waals surface area contributed by atoms with Crippen molar-refractivity contribution in [2.24, 2.45) is 0 Å². The van der Waals surface area contributed by atoms with E-state index in [4.69, 9.17) is 9.40 Å². The van der Waals surface area contributed by atoms with Crippen LogP contribution in [0.5, 0.6) is 0 Å². The van der Waals surface area contributed by atoms with E-state index in [9.17, 15) is 0 Å². The number of hydrogen-bond donors (Lipinski definition) is 0. The van der Waals surface area contributed by atoms with Crippen molar-refractivity contribution in [3.8, 4) is 11.1 Å². The van der Waals surface area contributed by atoms with E-state index in [2.05, 4.69) is 175 Å². The topological polar surface area (TPSA) is 30.4 Å². The van der Waals surface area contributed by atoms with Gasteiger partial charge in [0.05, 0.1) is 16.6 Å². The van der Waals surface area contributed by atoms with Gasteiger partial charge in [-0.1, -0.05) is 170 Å². The summed E-state index contributed by atoms with van der Waals surface area (Å²) in [5, 5.41) is 17.8. The van der Waals surface area contributed by atoms with Gasteiger partial charge in [-0.05, 0) is 99.1 Å². The zero-order valence-corrected chi connectivity index (χ0v) is 31.5. The fourth-order valence-corrected chi connectivity index (χ4v) is 12.3. The molecule has 2 aromatic heterocycles. The molecular formula is C51H34N2OSi. The Bertz CT molecular complexity index is 3590. The van der Waals surface area contributed by atoms with Gasteiger partial charge in [-0.25, -0.2) is 0 Å². The number of oxazole rings is 1. The second-order valence-electron chi connectivity index (χ2n) is 15.5. The first kappa shape index (κ1) is 30.7. The van der Waals surface area contributed by atoms with Gasteiger partial charge in [0.1, 0.15) is 8.07 Å². The lowest BCUT2D eigenvalue weighted by atomic mass is 9.84. The molecule has 0 saturated heterocycles. The molecule has 0 bridgehead atoms. The van der Waals surface area contributed by atoms with E-state index in [1.807, 2.05) is 12.1 Å². The lowest BCUT2D eigenvalue weighted by Gasteiger charge is -2.25. The van der Waals surface area contributed by atoms with Crippen LogP contribution in [0.4, 0.5) is 0 Å². The van der Waals surface area contributed by atoms with Crippen LogP contribution in [0.3, 0.4) is 0 Å². The predicted octanol–water partition coefficient (Wildman–Crippen LogP) is 12.6. The number of fused-ring (bicyclic) bond motifs is 15. The summed E-state index contributed by atoms with van der Waals surface area (Å²) in [6, 6.07) is 62.9. The summed E-state index contributed by atoms with van der Waals surface area (Å²) in [7, 11) is -2.35. The zero-order valence-electron chi connectivity index (χ0n) is 30.5. The Morgan fingerprint density at radius 3 is 1.44 bits per heavy atom. The van der Waals surface area contributed by atoms with Crippen LogP contribution in [-0.4, -0.2) is 17.5 Å². The van der Waals surface area contributed by atoms with E-state index >= 15 is 0 Å². The van der Waals surface area contributed by atoms with Gasteiger partial charge in [0.25, 0.3) is 0 Å². The number of hydrogen-bond acceptors (Lipinski definition) is 2. The summed E-state index contributed by atoms with van der Waals surface area (Å²) in [6.07, 6.45) is 0. The van der Waals surface area contributed by atoms with Crippen molar-refractivity contribution in [1.29, 1.82) is 0 Å². The lowest BCUT2D eigenvalue weighted by Crippen LogP contribution is -2.53. The van der Waals surface area contributed by atoms with Crippen molar-refractivity contribution in [3.05, 3.63) is 170 Å². The van der Waals surface area contributed by atoms with Gasteiger partial charge in [-0.2, -0.15) is 4.98 Å². The molecule has 8 aromatic carbocycles. The van der Waals surface area contributed by atoms with E-state index < -0.39 is 8.07 Å². The molecule has 0 atom stereocenters. The molecular weight excluding hydrogens is 685 g/mol. The highest BCUT2D eigenvalue weighted by Gasteiger charge is 2.31. The van der Waals surface area contributed by atoms with Crippen molar-refractivity contribution in [3.63, 3.8) is 0 Å². The Morgan fingerprint density at radius 2 is 0.855 bits per heavy atom. The van der Waals surface area contributed by atoms with Crippen molar-refractivity contribution >= 4 is 111 Å². The van der Waals surface area contributed by atoms with E-state index in [1.165, 1.54) is 86.1 Å². The summed E-state index contributed by atoms with van der Waals surface area (Å²) < 4.78 is 8.44. The molecule has 12 rings (SSSR count). The van der Waals surface area contributed by atoms with Crippen LogP contribution >= 0.6 is 0 Å². The molecule has 0 saturated carbocycles. The highest BCUT2D eigenvalue weighted by Crippen LogP contribution is 2.47. The second-order valence-corrected chi connectivity index (χ2v) is 19.8. The monoisotopic (exact) mass is 718 g/mol. The van der Waals surface area contributed by atoms with Crippen LogP contribution in [0.2, 0.25) is 13.1 Å². The van der Waals surface area contributed by atoms with E-state index in [0.717, 1.165) is 22.1 Å². The highest BCUT2D eigenvalue weighted by atomic mass is 28.3. The molecule has 4 heteroatoms. The van der Waals surface area contributed by atoms with Crippen LogP contribution in [-0.2, 0) is 0 Å². The number of imidazole rings is 1. The first-order valence-corrected chi connectivity index (χ1v) is 22.1. The third kappa shape index (κ3) is 4.17. The molecule has 0 fully saturated rings. The van der Waals surface area contributed by atoms with Crippen molar-refractivity contribution in [2.45, 2.75) is 13.1 Å². The van der Waals surface area contributed by atoms with Crippen LogP contribution in [0.25, 0.3) is 104 Å². The molecule has 0 amide bonds. The third-order valence-corrected chi connectivity index (χ3v) is 15.8. The molecule has 0 radical (unpaired) electrons. The molecule has 3 nitrogen and oxygen atoms in total. The Morgan fingerprint density at radius 1 is 0.418 bits per heavy atom. The predicted molar refractivity (Wildman–Crippen MR) is 236 cm³/mol.